The Labute approximate surface area is 249 Å². The number of carbonyl (C=O) groups excluding carboxylic acids is 2. The molecular formula is C32H32Cl2N2O5. The van der Waals surface area contributed by atoms with Crippen molar-refractivity contribution in [3.05, 3.63) is 105 Å². The lowest BCUT2D eigenvalue weighted by atomic mass is 9.94. The molecule has 0 radical (unpaired) electrons. The third-order valence-electron chi connectivity index (χ3n) is 7.48. The molecule has 1 amide bonds. The van der Waals surface area contributed by atoms with E-state index in [9.17, 15) is 14.7 Å². The van der Waals surface area contributed by atoms with Gasteiger partial charge in [0.2, 0.25) is 0 Å². The molecule has 5 rings (SSSR count). The monoisotopic (exact) mass is 594 g/mol. The molecule has 214 valence electrons. The Morgan fingerprint density at radius 3 is 2.44 bits per heavy atom. The topological polar surface area (TPSA) is 79.3 Å². The molecule has 2 saturated heterocycles. The summed E-state index contributed by atoms with van der Waals surface area (Å²) in [5.74, 6) is -0.978. The number of rotatable bonds is 9. The van der Waals surface area contributed by atoms with Crippen LogP contribution in [0.2, 0.25) is 10.0 Å². The maximum absolute atomic E-state index is 13.4. The average molecular weight is 596 g/mol. The van der Waals surface area contributed by atoms with E-state index >= 15 is 0 Å². The molecule has 9 heteroatoms. The number of aryl methyl sites for hydroxylation is 1. The Bertz CT molecular complexity index is 1450. The van der Waals surface area contributed by atoms with E-state index in [4.69, 9.17) is 32.7 Å². The number of hydrogen-bond donors (Lipinski definition) is 1. The van der Waals surface area contributed by atoms with Crippen LogP contribution in [0.1, 0.15) is 34.7 Å². The van der Waals surface area contributed by atoms with Gasteiger partial charge in [0, 0.05) is 31.7 Å². The SMILES string of the molecule is Cc1cc(OCc2ccccc2)ccc1C(O)=C1C(=O)C(=O)N(CCCN2CCOCC2)[C@H]1c1ccc(Cl)c(Cl)c1. The molecule has 3 aromatic carbocycles. The van der Waals surface area contributed by atoms with Gasteiger partial charge in [-0.2, -0.15) is 0 Å². The second-order valence-corrected chi connectivity index (χ2v) is 11.0. The molecule has 0 unspecified atom stereocenters. The van der Waals surface area contributed by atoms with Crippen molar-refractivity contribution in [3.8, 4) is 5.75 Å². The molecular weight excluding hydrogens is 563 g/mol. The summed E-state index contributed by atoms with van der Waals surface area (Å²) in [5.41, 5.74) is 2.83. The van der Waals surface area contributed by atoms with Crippen LogP contribution in [0.15, 0.2) is 72.3 Å². The predicted octanol–water partition coefficient (Wildman–Crippen LogP) is 6.02. The largest absolute Gasteiger partial charge is 0.507 e. The van der Waals surface area contributed by atoms with E-state index in [1.54, 1.807) is 30.3 Å². The third kappa shape index (κ3) is 6.60. The number of amides is 1. The van der Waals surface area contributed by atoms with E-state index in [2.05, 4.69) is 4.90 Å². The maximum atomic E-state index is 13.4. The lowest BCUT2D eigenvalue weighted by Gasteiger charge is -2.29. The summed E-state index contributed by atoms with van der Waals surface area (Å²) in [6.45, 7) is 6.37. The Morgan fingerprint density at radius 2 is 1.73 bits per heavy atom. The lowest BCUT2D eigenvalue weighted by molar-refractivity contribution is -0.140. The summed E-state index contributed by atoms with van der Waals surface area (Å²) in [6.07, 6.45) is 0.664. The first-order chi connectivity index (χ1) is 19.8. The van der Waals surface area contributed by atoms with Crippen LogP contribution in [0.3, 0.4) is 0 Å². The zero-order chi connectivity index (χ0) is 28.9. The quantitative estimate of drug-likeness (QED) is 0.185. The smallest absolute Gasteiger partial charge is 0.295 e. The molecule has 1 N–H and O–H groups in total. The molecule has 0 bridgehead atoms. The number of ketones is 1. The van der Waals surface area contributed by atoms with E-state index in [1.807, 2.05) is 43.3 Å². The van der Waals surface area contributed by atoms with Gasteiger partial charge in [-0.05, 0) is 60.4 Å². The number of benzene rings is 3. The molecule has 7 nitrogen and oxygen atoms in total. The molecule has 41 heavy (non-hydrogen) atoms. The van der Waals surface area contributed by atoms with Crippen molar-refractivity contribution in [3.63, 3.8) is 0 Å². The Balaban J connectivity index is 1.44. The molecule has 2 aliphatic heterocycles. The Hall–Kier alpha value is -3.36. The second-order valence-electron chi connectivity index (χ2n) is 10.2. The van der Waals surface area contributed by atoms with Crippen LogP contribution in [-0.2, 0) is 20.9 Å². The average Bonchev–Trinajstić information content (AvgIpc) is 3.23. The summed E-state index contributed by atoms with van der Waals surface area (Å²) in [7, 11) is 0. The molecule has 0 aromatic heterocycles. The fourth-order valence-corrected chi connectivity index (χ4v) is 5.61. The van der Waals surface area contributed by atoms with Gasteiger partial charge >= 0.3 is 0 Å². The molecule has 0 spiro atoms. The normalized spacial score (nSPS) is 19.1. The molecule has 2 aliphatic rings. The minimum absolute atomic E-state index is 0.0285. The van der Waals surface area contributed by atoms with Crippen molar-refractivity contribution in [2.24, 2.45) is 0 Å². The summed E-state index contributed by atoms with van der Waals surface area (Å²) < 4.78 is 11.4. The highest BCUT2D eigenvalue weighted by Crippen LogP contribution is 2.41. The van der Waals surface area contributed by atoms with Crippen molar-refractivity contribution in [1.29, 1.82) is 0 Å². The van der Waals surface area contributed by atoms with Crippen LogP contribution in [0.25, 0.3) is 5.76 Å². The number of halogens is 2. The van der Waals surface area contributed by atoms with Crippen molar-refractivity contribution in [2.45, 2.75) is 26.0 Å². The van der Waals surface area contributed by atoms with Crippen molar-refractivity contribution in [2.75, 3.05) is 39.4 Å². The first-order valence-electron chi connectivity index (χ1n) is 13.6. The third-order valence-corrected chi connectivity index (χ3v) is 8.22. The van der Waals surface area contributed by atoms with Gasteiger partial charge in [-0.1, -0.05) is 59.6 Å². The van der Waals surface area contributed by atoms with E-state index in [0.717, 1.165) is 25.2 Å². The number of aliphatic hydroxyl groups excluding tert-OH is 1. The van der Waals surface area contributed by atoms with Crippen LogP contribution in [0, 0.1) is 6.92 Å². The second kappa shape index (κ2) is 13.1. The van der Waals surface area contributed by atoms with Crippen LogP contribution in [0.4, 0.5) is 0 Å². The van der Waals surface area contributed by atoms with Gasteiger partial charge in [0.1, 0.15) is 18.1 Å². The summed E-state index contributed by atoms with van der Waals surface area (Å²) in [5, 5.41) is 12.2. The van der Waals surface area contributed by atoms with Crippen LogP contribution >= 0.6 is 23.2 Å². The molecule has 1 atom stereocenters. The number of ether oxygens (including phenoxy) is 2. The summed E-state index contributed by atoms with van der Waals surface area (Å²) >= 11 is 12.5. The van der Waals surface area contributed by atoms with Crippen molar-refractivity contribution < 1.29 is 24.2 Å². The predicted molar refractivity (Wildman–Crippen MR) is 159 cm³/mol. The molecule has 3 aromatic rings. The number of carbonyl (C=O) groups is 2. The van der Waals surface area contributed by atoms with E-state index in [1.165, 1.54) is 4.90 Å². The van der Waals surface area contributed by atoms with Gasteiger partial charge in [-0.25, -0.2) is 0 Å². The number of likely N-dealkylation sites (tertiary alicyclic amines) is 1. The van der Waals surface area contributed by atoms with Gasteiger partial charge in [-0.3, -0.25) is 14.5 Å². The fraction of sp³-hybridized carbons (Fsp3) is 0.312. The molecule has 0 aliphatic carbocycles. The zero-order valence-electron chi connectivity index (χ0n) is 22.8. The maximum Gasteiger partial charge on any atom is 0.295 e. The number of aliphatic hydroxyl groups is 1. The standard InChI is InChI=1S/C32H32Cl2N2O5/c1-21-18-24(41-20-22-6-3-2-4-7-22)9-10-25(21)30(37)28-29(23-8-11-26(33)27(34)19-23)36(32(39)31(28)38)13-5-12-35-14-16-40-17-15-35/h2-4,6-11,18-19,29,37H,5,12-17,20H2,1H3/t29-/m0/s1. The highest BCUT2D eigenvalue weighted by atomic mass is 35.5. The molecule has 2 heterocycles. The van der Waals surface area contributed by atoms with Gasteiger partial charge in [0.15, 0.2) is 0 Å². The highest BCUT2D eigenvalue weighted by molar-refractivity contribution is 6.47. The summed E-state index contributed by atoms with van der Waals surface area (Å²) in [4.78, 5) is 30.6. The lowest BCUT2D eigenvalue weighted by Crippen LogP contribution is -2.38. The number of nitrogens with zero attached hydrogens (tertiary/aromatic N) is 2. The van der Waals surface area contributed by atoms with Crippen LogP contribution in [-0.4, -0.2) is 66.0 Å². The van der Waals surface area contributed by atoms with E-state index in [0.29, 0.717) is 65.3 Å². The Kier molecular flexibility index (Phi) is 9.30. The van der Waals surface area contributed by atoms with E-state index < -0.39 is 17.7 Å². The number of hydrogen-bond acceptors (Lipinski definition) is 6. The minimum Gasteiger partial charge on any atom is -0.507 e. The van der Waals surface area contributed by atoms with Crippen LogP contribution in [0.5, 0.6) is 5.75 Å². The number of Topliss-reactive ketones (excluding diaryl/α,β-unsaturated/α-hetero) is 1. The van der Waals surface area contributed by atoms with Gasteiger partial charge in [0.05, 0.1) is 34.9 Å². The van der Waals surface area contributed by atoms with Crippen LogP contribution < -0.4 is 4.74 Å². The molecule has 0 saturated carbocycles. The first kappa shape index (κ1) is 29.1. The molecule has 2 fully saturated rings. The zero-order valence-corrected chi connectivity index (χ0v) is 24.3. The number of morpholine rings is 1. The summed E-state index contributed by atoms with van der Waals surface area (Å²) in [6, 6.07) is 19.3. The van der Waals surface area contributed by atoms with E-state index in [-0.39, 0.29) is 11.3 Å². The van der Waals surface area contributed by atoms with Gasteiger partial charge < -0.3 is 19.5 Å². The fourth-order valence-electron chi connectivity index (χ4n) is 5.31. The van der Waals surface area contributed by atoms with Gasteiger partial charge in [0.25, 0.3) is 11.7 Å². The first-order valence-corrected chi connectivity index (χ1v) is 14.4. The van der Waals surface area contributed by atoms with Crippen molar-refractivity contribution >= 4 is 40.7 Å². The van der Waals surface area contributed by atoms with Crippen molar-refractivity contribution in [1.82, 2.24) is 9.80 Å². The highest BCUT2D eigenvalue weighted by Gasteiger charge is 2.46. The Morgan fingerprint density at radius 1 is 0.976 bits per heavy atom. The van der Waals surface area contributed by atoms with Gasteiger partial charge in [-0.15, -0.1) is 0 Å². The minimum atomic E-state index is -0.803.